The fourth-order valence-electron chi connectivity index (χ4n) is 2.59. The van der Waals surface area contributed by atoms with Gasteiger partial charge < -0.3 is 9.84 Å². The van der Waals surface area contributed by atoms with Crippen LogP contribution in [0.5, 0.6) is 0 Å². The van der Waals surface area contributed by atoms with Gasteiger partial charge in [0.2, 0.25) is 5.91 Å². The normalized spacial score (nSPS) is 11.1. The topological polar surface area (TPSA) is 98.2 Å². The monoisotopic (exact) mass is 368 g/mol. The van der Waals surface area contributed by atoms with E-state index in [9.17, 15) is 4.79 Å². The highest BCUT2D eigenvalue weighted by molar-refractivity contribution is 7.09. The lowest BCUT2D eigenvalue weighted by Crippen LogP contribution is -2.27. The van der Waals surface area contributed by atoms with E-state index in [1.165, 1.54) is 4.88 Å². The average molecular weight is 368 g/mol. The number of thiophene rings is 1. The zero-order valence-corrected chi connectivity index (χ0v) is 14.9. The summed E-state index contributed by atoms with van der Waals surface area (Å²) in [6.45, 7) is 2.36. The molecule has 26 heavy (non-hydrogen) atoms. The number of nitrogens with one attached hydrogen (secondary N) is 1. The first-order valence-electron chi connectivity index (χ1n) is 8.12. The zero-order chi connectivity index (χ0) is 17.9. The van der Waals surface area contributed by atoms with E-state index in [1.807, 2.05) is 17.5 Å². The molecule has 0 saturated heterocycles. The third kappa shape index (κ3) is 3.47. The van der Waals surface area contributed by atoms with Crippen molar-refractivity contribution in [1.29, 1.82) is 0 Å². The molecule has 0 saturated carbocycles. The second kappa shape index (κ2) is 7.04. The van der Waals surface area contributed by atoms with E-state index >= 15 is 0 Å². The molecule has 132 valence electrons. The smallest absolute Gasteiger partial charge is 0.259 e. The van der Waals surface area contributed by atoms with Gasteiger partial charge >= 0.3 is 0 Å². The minimum atomic E-state index is -0.0881. The van der Waals surface area contributed by atoms with Crippen molar-refractivity contribution in [2.75, 3.05) is 6.54 Å². The van der Waals surface area contributed by atoms with Gasteiger partial charge in [-0.1, -0.05) is 11.2 Å². The third-order valence-electron chi connectivity index (χ3n) is 3.84. The van der Waals surface area contributed by atoms with Crippen LogP contribution >= 0.6 is 11.3 Å². The summed E-state index contributed by atoms with van der Waals surface area (Å²) in [7, 11) is 0. The number of pyridine rings is 1. The molecule has 0 fully saturated rings. The van der Waals surface area contributed by atoms with Crippen LogP contribution in [0.15, 0.2) is 40.4 Å². The highest BCUT2D eigenvalue weighted by Crippen LogP contribution is 2.18. The summed E-state index contributed by atoms with van der Waals surface area (Å²) < 4.78 is 6.96. The van der Waals surface area contributed by atoms with Gasteiger partial charge in [0.1, 0.15) is 5.82 Å². The van der Waals surface area contributed by atoms with Crippen molar-refractivity contribution in [3.8, 4) is 11.5 Å². The molecule has 0 bridgehead atoms. The van der Waals surface area contributed by atoms with Gasteiger partial charge in [0.25, 0.3) is 5.89 Å². The summed E-state index contributed by atoms with van der Waals surface area (Å²) in [5, 5.41) is 17.0. The lowest BCUT2D eigenvalue weighted by atomic mass is 10.2. The van der Waals surface area contributed by atoms with Crippen LogP contribution in [0, 0.1) is 6.92 Å². The highest BCUT2D eigenvalue weighted by Gasteiger charge is 2.13. The summed E-state index contributed by atoms with van der Waals surface area (Å²) in [4.78, 5) is 17.7. The van der Waals surface area contributed by atoms with Crippen LogP contribution < -0.4 is 5.32 Å². The number of carbonyl (C=O) groups excluding carboxylic acids is 1. The first-order chi connectivity index (χ1) is 12.7. The maximum Gasteiger partial charge on any atom is 0.259 e. The Bertz CT molecular complexity index is 1040. The summed E-state index contributed by atoms with van der Waals surface area (Å²) in [5.41, 5.74) is 1.41. The van der Waals surface area contributed by atoms with Gasteiger partial charge in [-0.3, -0.25) is 9.20 Å². The Kier molecular flexibility index (Phi) is 4.44. The van der Waals surface area contributed by atoms with E-state index in [0.717, 1.165) is 12.0 Å². The van der Waals surface area contributed by atoms with Crippen LogP contribution in [-0.2, 0) is 17.6 Å². The molecular formula is C17H16N6O2S. The van der Waals surface area contributed by atoms with Crippen molar-refractivity contribution in [2.45, 2.75) is 19.8 Å². The molecule has 1 N–H and O–H groups in total. The maximum absolute atomic E-state index is 12.2. The van der Waals surface area contributed by atoms with Crippen molar-refractivity contribution >= 4 is 22.9 Å². The van der Waals surface area contributed by atoms with Crippen LogP contribution in [0.1, 0.15) is 16.5 Å². The minimum absolute atomic E-state index is 0.0881. The molecule has 0 aliphatic carbocycles. The van der Waals surface area contributed by atoms with E-state index in [1.54, 1.807) is 34.9 Å². The molecule has 0 aliphatic heterocycles. The Hall–Kier alpha value is -3.07. The van der Waals surface area contributed by atoms with E-state index in [-0.39, 0.29) is 12.3 Å². The number of carbonyl (C=O) groups is 1. The molecule has 9 heteroatoms. The van der Waals surface area contributed by atoms with Crippen LogP contribution in [0.3, 0.4) is 0 Å². The van der Waals surface area contributed by atoms with Crippen molar-refractivity contribution < 1.29 is 9.32 Å². The van der Waals surface area contributed by atoms with E-state index in [2.05, 4.69) is 31.7 Å². The number of amides is 1. The van der Waals surface area contributed by atoms with Gasteiger partial charge in [-0.05, 0) is 36.9 Å². The van der Waals surface area contributed by atoms with Gasteiger partial charge in [0.05, 0.1) is 12.0 Å². The van der Waals surface area contributed by atoms with Crippen LogP contribution in [0.25, 0.3) is 17.1 Å². The Labute approximate surface area is 152 Å². The van der Waals surface area contributed by atoms with Gasteiger partial charge in [0.15, 0.2) is 11.5 Å². The van der Waals surface area contributed by atoms with E-state index < -0.39 is 0 Å². The van der Waals surface area contributed by atoms with E-state index in [0.29, 0.717) is 29.7 Å². The summed E-state index contributed by atoms with van der Waals surface area (Å²) >= 11 is 1.69. The lowest BCUT2D eigenvalue weighted by molar-refractivity contribution is -0.120. The standard InChI is InChI=1S/C17H16N6O2S/c1-11-19-17(25-22-11)12-4-5-14-20-21-15(23(14)10-12)9-16(24)18-7-6-13-3-2-8-26-13/h2-5,8,10H,6-7,9H2,1H3,(H,18,24). The van der Waals surface area contributed by atoms with Gasteiger partial charge in [-0.15, -0.1) is 21.5 Å². The van der Waals surface area contributed by atoms with Crippen LogP contribution in [0.4, 0.5) is 0 Å². The van der Waals surface area contributed by atoms with Crippen molar-refractivity contribution in [1.82, 2.24) is 30.1 Å². The van der Waals surface area contributed by atoms with Crippen molar-refractivity contribution in [3.63, 3.8) is 0 Å². The fraction of sp³-hybridized carbons (Fsp3) is 0.235. The van der Waals surface area contributed by atoms with Crippen LogP contribution in [-0.4, -0.2) is 37.2 Å². The molecule has 8 nitrogen and oxygen atoms in total. The van der Waals surface area contributed by atoms with Crippen LogP contribution in [0.2, 0.25) is 0 Å². The largest absolute Gasteiger partial charge is 0.355 e. The SMILES string of the molecule is Cc1noc(-c2ccc3nnc(CC(=O)NCCc4cccs4)n3c2)n1. The number of hydrogen-bond acceptors (Lipinski definition) is 7. The van der Waals surface area contributed by atoms with Crippen molar-refractivity contribution in [3.05, 3.63) is 52.4 Å². The molecular weight excluding hydrogens is 352 g/mol. The number of aryl methyl sites for hydroxylation is 1. The quantitative estimate of drug-likeness (QED) is 0.559. The summed E-state index contributed by atoms with van der Waals surface area (Å²) in [6, 6.07) is 7.71. The predicted octanol–water partition coefficient (Wildman–Crippen LogP) is 2.05. The Morgan fingerprint density at radius 1 is 1.31 bits per heavy atom. The molecule has 0 spiro atoms. The van der Waals surface area contributed by atoms with E-state index in [4.69, 9.17) is 4.52 Å². The number of rotatable bonds is 6. The molecule has 4 aromatic heterocycles. The number of fused-ring (bicyclic) bond motifs is 1. The summed E-state index contributed by atoms with van der Waals surface area (Å²) in [6.07, 6.45) is 2.78. The average Bonchev–Trinajstić information content (AvgIpc) is 3.37. The molecule has 0 radical (unpaired) electrons. The fourth-order valence-corrected chi connectivity index (χ4v) is 3.29. The lowest BCUT2D eigenvalue weighted by Gasteiger charge is -2.04. The second-order valence-electron chi connectivity index (χ2n) is 5.77. The summed E-state index contributed by atoms with van der Waals surface area (Å²) in [5.74, 6) is 1.46. The molecule has 0 aliphatic rings. The van der Waals surface area contributed by atoms with Gasteiger partial charge in [0, 0.05) is 17.6 Å². The molecule has 4 aromatic rings. The molecule has 4 heterocycles. The molecule has 1 amide bonds. The van der Waals surface area contributed by atoms with Gasteiger partial charge in [-0.2, -0.15) is 4.98 Å². The molecule has 4 rings (SSSR count). The highest BCUT2D eigenvalue weighted by atomic mass is 32.1. The predicted molar refractivity (Wildman–Crippen MR) is 95.8 cm³/mol. The number of nitrogens with zero attached hydrogens (tertiary/aromatic N) is 5. The Morgan fingerprint density at radius 2 is 2.23 bits per heavy atom. The first-order valence-corrected chi connectivity index (χ1v) is 9.00. The molecule has 0 unspecified atom stereocenters. The number of hydrogen-bond donors (Lipinski definition) is 1. The maximum atomic E-state index is 12.2. The molecule has 0 aromatic carbocycles. The van der Waals surface area contributed by atoms with Crippen molar-refractivity contribution in [2.24, 2.45) is 0 Å². The zero-order valence-electron chi connectivity index (χ0n) is 14.0. The Morgan fingerprint density at radius 3 is 3.00 bits per heavy atom. The number of aromatic nitrogens is 5. The molecule has 0 atom stereocenters. The first kappa shape index (κ1) is 16.4. The second-order valence-corrected chi connectivity index (χ2v) is 6.80. The third-order valence-corrected chi connectivity index (χ3v) is 4.78. The minimum Gasteiger partial charge on any atom is -0.355 e. The van der Waals surface area contributed by atoms with Gasteiger partial charge in [-0.25, -0.2) is 0 Å². The Balaban J connectivity index is 1.46.